The summed E-state index contributed by atoms with van der Waals surface area (Å²) in [4.78, 5) is 45.8. The highest BCUT2D eigenvalue weighted by Crippen LogP contribution is 2.46. The lowest BCUT2D eigenvalue weighted by molar-refractivity contribution is -0.870. The summed E-state index contributed by atoms with van der Waals surface area (Å²) in [5.74, 6) is -2.28. The molecule has 2 aliphatic heterocycles. The van der Waals surface area contributed by atoms with E-state index in [-0.39, 0.29) is 50.7 Å². The largest absolute Gasteiger partial charge is 0.472 e. The third-order valence-corrected chi connectivity index (χ3v) is 12.2. The molecule has 0 amide bonds. The van der Waals surface area contributed by atoms with Crippen LogP contribution in [0, 0.1) is 0 Å². The van der Waals surface area contributed by atoms with Crippen LogP contribution >= 0.6 is 7.82 Å². The Kier molecular flexibility index (Phi) is 28.2. The molecule has 0 spiro atoms. The highest BCUT2D eigenvalue weighted by atomic mass is 32.3. The molecular weight excluding hydrogens is 880 g/mol. The first-order valence-electron chi connectivity index (χ1n) is 23.1. The Labute approximate surface area is 381 Å². The minimum Gasteiger partial charge on any atom is -0.462 e. The van der Waals surface area contributed by atoms with Gasteiger partial charge in [-0.2, -0.15) is 8.42 Å². The van der Waals surface area contributed by atoms with Crippen LogP contribution < -0.4 is 5.73 Å². The quantitative estimate of drug-likeness (QED) is 0.0118. The van der Waals surface area contributed by atoms with E-state index in [1.54, 1.807) is 6.08 Å². The number of nitrogens with two attached hydrogens (primary N) is 1. The van der Waals surface area contributed by atoms with Crippen molar-refractivity contribution in [1.82, 2.24) is 0 Å². The second-order valence-electron chi connectivity index (χ2n) is 17.9. The van der Waals surface area contributed by atoms with Gasteiger partial charge in [0.05, 0.1) is 53.1 Å². The number of carbonyl (C=O) groups excluding carboxylic acids is 3. The number of ether oxygens (including phenoxy) is 6. The third-order valence-electron chi connectivity index (χ3n) is 10.7. The number of likely N-dealkylation sites (N-methyl/N-ethyl adjacent to an activating group) is 1. The van der Waals surface area contributed by atoms with E-state index in [2.05, 4.69) is 4.18 Å². The summed E-state index contributed by atoms with van der Waals surface area (Å²) in [6.45, 7) is 2.61. The Hall–Kier alpha value is -2.07. The molecule has 0 aromatic heterocycles. The number of carbonyl (C=O) groups is 3. The Balaban J connectivity index is 1.62. The van der Waals surface area contributed by atoms with Crippen LogP contribution in [0.5, 0.6) is 0 Å². The summed E-state index contributed by atoms with van der Waals surface area (Å²) in [6, 6.07) is -0.614. The summed E-state index contributed by atoms with van der Waals surface area (Å²) in [7, 11) is -3.19. The van der Waals surface area contributed by atoms with Crippen molar-refractivity contribution in [2.75, 3.05) is 67.3 Å². The molecule has 1 unspecified atom stereocenters. The van der Waals surface area contributed by atoms with Crippen LogP contribution in [0.2, 0.25) is 0 Å². The maximum atomic E-state index is 12.5. The van der Waals surface area contributed by atoms with Crippen LogP contribution in [0.4, 0.5) is 0 Å². The minimum absolute atomic E-state index is 0.0228. The van der Waals surface area contributed by atoms with Gasteiger partial charge >= 0.3 is 36.1 Å². The number of rotatable bonds is 38. The monoisotopic (exact) mass is 959 g/mol. The first kappa shape index (κ1) is 58.1. The van der Waals surface area contributed by atoms with Gasteiger partial charge in [-0.05, 0) is 38.5 Å². The molecule has 0 aromatic carbocycles. The molecule has 2 saturated heterocycles. The van der Waals surface area contributed by atoms with Crippen molar-refractivity contribution < 1.29 is 82.9 Å². The van der Waals surface area contributed by atoms with Crippen molar-refractivity contribution in [3.63, 3.8) is 0 Å². The number of unbranched alkanes of at least 4 members (excludes halogenated alkanes) is 14. The van der Waals surface area contributed by atoms with Crippen LogP contribution in [0.25, 0.3) is 0 Å². The smallest absolute Gasteiger partial charge is 0.462 e. The first-order valence-corrected chi connectivity index (χ1v) is 25.9. The minimum atomic E-state index is -4.48. The van der Waals surface area contributed by atoms with E-state index in [1.807, 2.05) is 21.1 Å². The van der Waals surface area contributed by atoms with Crippen LogP contribution in [0.1, 0.15) is 142 Å². The standard InChI is InChI=1S/C43H79N2O17PS/c1-35(46)55-33-38(34-57-63(49,50)56-30-28-45(3,4)5)60-41(48)24-20-16-14-15-19-23-40-42-39(59-36(2)47)25-27-43(61-40,62-42)26-21-17-12-10-8-6-7-9-11-13-18-22-29-54-31-37(44)32-58-64(51,52)53/h20,24,37-40,42H,6-19,21-23,25-34,44H2,1-5H3,(H-,49,50,51,52,53)/p+1/b24-20+/t37-,38-,39-,40-,42-,43+/m1/s1. The number of esters is 3. The molecule has 2 rings (SSSR count). The molecule has 21 heteroatoms. The lowest BCUT2D eigenvalue weighted by Crippen LogP contribution is -2.43. The van der Waals surface area contributed by atoms with E-state index in [0.717, 1.165) is 64.2 Å². The van der Waals surface area contributed by atoms with Gasteiger partial charge in [-0.1, -0.05) is 83.1 Å². The number of hydrogen-bond donors (Lipinski definition) is 3. The Morgan fingerprint density at radius 2 is 1.45 bits per heavy atom. The van der Waals surface area contributed by atoms with Gasteiger partial charge in [-0.15, -0.1) is 0 Å². The van der Waals surface area contributed by atoms with E-state index in [1.165, 1.54) is 64.9 Å². The fraction of sp³-hybridized carbons (Fsp3) is 0.884. The normalized spacial score (nSPS) is 22.0. The van der Waals surface area contributed by atoms with Crippen LogP contribution in [0.15, 0.2) is 12.2 Å². The van der Waals surface area contributed by atoms with Gasteiger partial charge in [-0.25, -0.2) is 13.5 Å². The summed E-state index contributed by atoms with van der Waals surface area (Å²) >= 11 is 0. The molecule has 19 nitrogen and oxygen atoms in total. The predicted molar refractivity (Wildman–Crippen MR) is 237 cm³/mol. The second-order valence-corrected chi connectivity index (χ2v) is 20.4. The molecule has 0 aromatic rings. The predicted octanol–water partition coefficient (Wildman–Crippen LogP) is 6.25. The van der Waals surface area contributed by atoms with E-state index < -0.39 is 54.7 Å². The lowest BCUT2D eigenvalue weighted by atomic mass is 9.94. The number of nitrogens with zero attached hydrogens (tertiary/aromatic N) is 1. The summed E-state index contributed by atoms with van der Waals surface area (Å²) in [5, 5.41) is 0. The van der Waals surface area contributed by atoms with Crippen molar-refractivity contribution in [2.45, 2.75) is 179 Å². The molecule has 2 fully saturated rings. The van der Waals surface area contributed by atoms with Gasteiger partial charge in [-0.3, -0.25) is 23.2 Å². The Bertz CT molecular complexity index is 1530. The van der Waals surface area contributed by atoms with E-state index in [9.17, 15) is 32.3 Å². The zero-order valence-corrected chi connectivity index (χ0v) is 40.7. The first-order chi connectivity index (χ1) is 30.2. The molecule has 2 bridgehead atoms. The van der Waals surface area contributed by atoms with Gasteiger partial charge in [0, 0.05) is 39.4 Å². The van der Waals surface area contributed by atoms with Gasteiger partial charge in [0.2, 0.25) is 0 Å². The molecule has 0 saturated carbocycles. The third kappa shape index (κ3) is 28.9. The van der Waals surface area contributed by atoms with Crippen LogP contribution in [-0.4, -0.2) is 144 Å². The lowest BCUT2D eigenvalue weighted by Gasteiger charge is -2.35. The summed E-state index contributed by atoms with van der Waals surface area (Å²) < 4.78 is 91.3. The zero-order valence-electron chi connectivity index (χ0n) is 39.0. The molecule has 4 N–H and O–H groups in total. The second kappa shape index (κ2) is 31.1. The van der Waals surface area contributed by atoms with E-state index in [4.69, 9.17) is 47.8 Å². The van der Waals surface area contributed by atoms with Gasteiger partial charge in [0.15, 0.2) is 11.9 Å². The SMILES string of the molecule is CC(=O)OC[C@H](COP(=O)(O)OCC[N+](C)(C)C)OC(=O)/C=C/CCCCC[C@H]1O[C@]2(CCCCCCCCCCCCCCOC[C@@H](N)COS(=O)(=O)O)CC[C@@H](OC(C)=O)[C@H]1O2. The van der Waals surface area contributed by atoms with Gasteiger partial charge < -0.3 is 43.5 Å². The van der Waals surface area contributed by atoms with Crippen molar-refractivity contribution in [3.8, 4) is 0 Å². The van der Waals surface area contributed by atoms with E-state index in [0.29, 0.717) is 36.9 Å². The van der Waals surface area contributed by atoms with Crippen molar-refractivity contribution in [2.24, 2.45) is 5.73 Å². The zero-order chi connectivity index (χ0) is 47.5. The van der Waals surface area contributed by atoms with Crippen molar-refractivity contribution in [3.05, 3.63) is 12.2 Å². The summed E-state index contributed by atoms with van der Waals surface area (Å²) in [6.07, 6.45) is 20.8. The van der Waals surface area contributed by atoms with Gasteiger partial charge in [0.1, 0.15) is 32.0 Å². The number of phosphoric acid groups is 1. The molecule has 0 aliphatic carbocycles. The average Bonchev–Trinajstić information content (AvgIpc) is 3.49. The highest BCUT2D eigenvalue weighted by Gasteiger charge is 2.54. The van der Waals surface area contributed by atoms with Crippen LogP contribution in [-0.2, 0) is 71.0 Å². The number of allylic oxidation sites excluding steroid dienone is 1. The maximum Gasteiger partial charge on any atom is 0.472 e. The number of fused-ring (bicyclic) bond motifs is 2. The fourth-order valence-corrected chi connectivity index (χ4v) is 8.51. The van der Waals surface area contributed by atoms with Crippen LogP contribution in [0.3, 0.4) is 0 Å². The molecule has 2 aliphatic rings. The maximum absolute atomic E-state index is 12.5. The molecule has 374 valence electrons. The fourth-order valence-electron chi connectivity index (χ4n) is 7.42. The molecule has 7 atom stereocenters. The van der Waals surface area contributed by atoms with Gasteiger partial charge in [0.25, 0.3) is 0 Å². The molecule has 2 heterocycles. The van der Waals surface area contributed by atoms with E-state index >= 15 is 0 Å². The Morgan fingerprint density at radius 3 is 2.06 bits per heavy atom. The molecular formula is C43H80N2O17PS+. The van der Waals surface area contributed by atoms with Crippen molar-refractivity contribution in [1.29, 1.82) is 0 Å². The highest BCUT2D eigenvalue weighted by molar-refractivity contribution is 7.80. The Morgan fingerprint density at radius 1 is 0.828 bits per heavy atom. The average molecular weight is 960 g/mol. The number of quaternary nitrogens is 1. The van der Waals surface area contributed by atoms with Crippen molar-refractivity contribution >= 4 is 36.1 Å². The number of phosphoric ester groups is 1. The molecule has 0 radical (unpaired) electrons. The number of hydrogen-bond acceptors (Lipinski definition) is 16. The topological polar surface area (TPSA) is 252 Å². The molecule has 64 heavy (non-hydrogen) atoms. The summed E-state index contributed by atoms with van der Waals surface area (Å²) in [5.41, 5.74) is 5.69.